The van der Waals surface area contributed by atoms with E-state index in [1.54, 1.807) is 17.5 Å². The van der Waals surface area contributed by atoms with Crippen LogP contribution in [0.3, 0.4) is 0 Å². The van der Waals surface area contributed by atoms with Crippen molar-refractivity contribution in [1.82, 2.24) is 15.1 Å². The van der Waals surface area contributed by atoms with Gasteiger partial charge in [-0.15, -0.1) is 0 Å². The number of carbonyl (C=O) groups is 1. The molecule has 90 valence electrons. The van der Waals surface area contributed by atoms with Crippen LogP contribution in [0.2, 0.25) is 0 Å². The molecule has 0 radical (unpaired) electrons. The van der Waals surface area contributed by atoms with Gasteiger partial charge in [-0.2, -0.15) is 16.4 Å². The summed E-state index contributed by atoms with van der Waals surface area (Å²) in [5.74, 6) is -0.0770. The number of amides is 1. The Bertz CT molecular complexity index is 491. The fraction of sp³-hybridized carbons (Fsp3) is 0.273. The summed E-state index contributed by atoms with van der Waals surface area (Å²) in [6, 6.07) is 2.02. The molecule has 6 heteroatoms. The van der Waals surface area contributed by atoms with Gasteiger partial charge in [0, 0.05) is 6.20 Å². The molecule has 2 rings (SSSR count). The monoisotopic (exact) mass is 250 g/mol. The molecule has 1 unspecified atom stereocenters. The van der Waals surface area contributed by atoms with Crippen molar-refractivity contribution < 1.29 is 4.79 Å². The third-order valence-electron chi connectivity index (χ3n) is 2.38. The van der Waals surface area contributed by atoms with Gasteiger partial charge < -0.3 is 11.1 Å². The van der Waals surface area contributed by atoms with E-state index in [1.165, 1.54) is 10.9 Å². The summed E-state index contributed by atoms with van der Waals surface area (Å²) in [6.45, 7) is 2.14. The summed E-state index contributed by atoms with van der Waals surface area (Å²) >= 11 is 1.62. The number of nitrogens with two attached hydrogens (primary N) is 1. The van der Waals surface area contributed by atoms with E-state index in [9.17, 15) is 4.79 Å². The van der Waals surface area contributed by atoms with Crippen molar-refractivity contribution in [2.75, 3.05) is 5.73 Å². The van der Waals surface area contributed by atoms with Crippen LogP contribution in [0.4, 0.5) is 5.69 Å². The molecule has 0 aliphatic rings. The summed E-state index contributed by atoms with van der Waals surface area (Å²) in [5, 5.41) is 10.9. The molecule has 17 heavy (non-hydrogen) atoms. The third kappa shape index (κ3) is 3.07. The third-order valence-corrected chi connectivity index (χ3v) is 3.08. The zero-order valence-electron chi connectivity index (χ0n) is 9.46. The Hall–Kier alpha value is -1.82. The number of rotatable bonds is 4. The quantitative estimate of drug-likeness (QED) is 0.861. The molecule has 0 aromatic carbocycles. The second-order valence-electron chi connectivity index (χ2n) is 3.82. The predicted molar refractivity (Wildman–Crippen MR) is 67.5 cm³/mol. The Morgan fingerprint density at radius 1 is 1.71 bits per heavy atom. The molecule has 0 aliphatic carbocycles. The molecule has 2 aromatic heterocycles. The van der Waals surface area contributed by atoms with Crippen molar-refractivity contribution in [3.63, 3.8) is 0 Å². The molecular weight excluding hydrogens is 236 g/mol. The first-order valence-electron chi connectivity index (χ1n) is 5.24. The van der Waals surface area contributed by atoms with E-state index in [4.69, 9.17) is 5.73 Å². The van der Waals surface area contributed by atoms with Gasteiger partial charge in [0.05, 0.1) is 17.9 Å². The van der Waals surface area contributed by atoms with Gasteiger partial charge in [0.25, 0.3) is 0 Å². The fourth-order valence-corrected chi connectivity index (χ4v) is 2.26. The van der Waals surface area contributed by atoms with E-state index < -0.39 is 0 Å². The average molecular weight is 250 g/mol. The zero-order chi connectivity index (χ0) is 12.3. The Balaban J connectivity index is 1.89. The van der Waals surface area contributed by atoms with E-state index in [1.807, 2.05) is 23.8 Å². The number of hydrogen-bond acceptors (Lipinski definition) is 4. The smallest absolute Gasteiger partial charge is 0.242 e. The highest BCUT2D eigenvalue weighted by atomic mass is 32.1. The first-order valence-corrected chi connectivity index (χ1v) is 6.19. The summed E-state index contributed by atoms with van der Waals surface area (Å²) in [4.78, 5) is 11.7. The molecule has 0 spiro atoms. The summed E-state index contributed by atoms with van der Waals surface area (Å²) in [6.07, 6.45) is 3.16. The minimum atomic E-state index is -0.0770. The lowest BCUT2D eigenvalue weighted by atomic mass is 10.2. The molecule has 1 amide bonds. The Kier molecular flexibility index (Phi) is 3.43. The van der Waals surface area contributed by atoms with Crippen molar-refractivity contribution in [2.24, 2.45) is 0 Å². The highest BCUT2D eigenvalue weighted by Gasteiger charge is 2.10. The van der Waals surface area contributed by atoms with E-state index in [0.29, 0.717) is 5.69 Å². The van der Waals surface area contributed by atoms with E-state index >= 15 is 0 Å². The largest absolute Gasteiger partial charge is 0.396 e. The van der Waals surface area contributed by atoms with Crippen LogP contribution in [-0.2, 0) is 11.3 Å². The van der Waals surface area contributed by atoms with Crippen molar-refractivity contribution in [1.29, 1.82) is 0 Å². The Morgan fingerprint density at radius 2 is 2.53 bits per heavy atom. The molecule has 0 aliphatic heterocycles. The molecular formula is C11H14N4OS. The van der Waals surface area contributed by atoms with Crippen molar-refractivity contribution in [3.05, 3.63) is 34.8 Å². The standard InChI is InChI=1S/C11H14N4OS/c1-8(9-2-3-17-7-9)14-11(16)6-15-5-10(12)4-13-15/h2-5,7-8H,6,12H2,1H3,(H,14,16). The lowest BCUT2D eigenvalue weighted by molar-refractivity contribution is -0.122. The van der Waals surface area contributed by atoms with Gasteiger partial charge in [-0.3, -0.25) is 9.48 Å². The van der Waals surface area contributed by atoms with Crippen LogP contribution in [0.1, 0.15) is 18.5 Å². The zero-order valence-corrected chi connectivity index (χ0v) is 10.3. The van der Waals surface area contributed by atoms with Crippen molar-refractivity contribution >= 4 is 22.9 Å². The molecule has 1 atom stereocenters. The highest BCUT2D eigenvalue weighted by Crippen LogP contribution is 2.15. The summed E-state index contributed by atoms with van der Waals surface area (Å²) in [5.41, 5.74) is 7.19. The van der Waals surface area contributed by atoms with Crippen molar-refractivity contribution in [2.45, 2.75) is 19.5 Å². The van der Waals surface area contributed by atoms with Crippen LogP contribution in [-0.4, -0.2) is 15.7 Å². The van der Waals surface area contributed by atoms with Crippen LogP contribution >= 0.6 is 11.3 Å². The summed E-state index contributed by atoms with van der Waals surface area (Å²) < 4.78 is 1.52. The van der Waals surface area contributed by atoms with Gasteiger partial charge >= 0.3 is 0 Å². The molecule has 0 bridgehead atoms. The van der Waals surface area contributed by atoms with Crippen LogP contribution < -0.4 is 11.1 Å². The normalized spacial score (nSPS) is 12.3. The lowest BCUT2D eigenvalue weighted by Crippen LogP contribution is -2.30. The summed E-state index contributed by atoms with van der Waals surface area (Å²) in [7, 11) is 0. The van der Waals surface area contributed by atoms with Gasteiger partial charge in [-0.1, -0.05) is 0 Å². The maximum Gasteiger partial charge on any atom is 0.242 e. The van der Waals surface area contributed by atoms with Crippen LogP contribution in [0, 0.1) is 0 Å². The highest BCUT2D eigenvalue weighted by molar-refractivity contribution is 7.07. The van der Waals surface area contributed by atoms with Gasteiger partial charge in [0.15, 0.2) is 0 Å². The van der Waals surface area contributed by atoms with Crippen LogP contribution in [0.5, 0.6) is 0 Å². The lowest BCUT2D eigenvalue weighted by Gasteiger charge is -2.12. The van der Waals surface area contributed by atoms with Gasteiger partial charge in [0.1, 0.15) is 6.54 Å². The van der Waals surface area contributed by atoms with Gasteiger partial charge in [-0.25, -0.2) is 0 Å². The van der Waals surface area contributed by atoms with Crippen LogP contribution in [0.15, 0.2) is 29.2 Å². The minimum Gasteiger partial charge on any atom is -0.396 e. The molecule has 3 N–H and O–H groups in total. The Labute approximate surface area is 103 Å². The topological polar surface area (TPSA) is 72.9 Å². The predicted octanol–water partition coefficient (Wildman–Crippen LogP) is 1.40. The second kappa shape index (κ2) is 5.01. The molecule has 5 nitrogen and oxygen atoms in total. The maximum atomic E-state index is 11.7. The number of thiophene rings is 1. The van der Waals surface area contributed by atoms with Crippen molar-refractivity contribution in [3.8, 4) is 0 Å². The average Bonchev–Trinajstić information content (AvgIpc) is 2.89. The SMILES string of the molecule is CC(NC(=O)Cn1cc(N)cn1)c1ccsc1. The van der Waals surface area contributed by atoms with Gasteiger partial charge in [0.2, 0.25) is 5.91 Å². The van der Waals surface area contributed by atoms with E-state index in [-0.39, 0.29) is 18.5 Å². The number of anilines is 1. The number of aromatic nitrogens is 2. The number of hydrogen-bond donors (Lipinski definition) is 2. The first kappa shape index (κ1) is 11.7. The number of nitrogen functional groups attached to an aromatic ring is 1. The number of carbonyl (C=O) groups excluding carboxylic acids is 1. The number of nitrogens with zero attached hydrogens (tertiary/aromatic N) is 2. The molecule has 2 aromatic rings. The maximum absolute atomic E-state index is 11.7. The molecule has 0 saturated heterocycles. The fourth-order valence-electron chi connectivity index (χ4n) is 1.51. The van der Waals surface area contributed by atoms with Crippen LogP contribution in [0.25, 0.3) is 0 Å². The second-order valence-corrected chi connectivity index (χ2v) is 4.60. The Morgan fingerprint density at radius 3 is 3.12 bits per heavy atom. The molecule has 0 fully saturated rings. The van der Waals surface area contributed by atoms with E-state index in [0.717, 1.165) is 5.56 Å². The molecule has 0 saturated carbocycles. The van der Waals surface area contributed by atoms with E-state index in [2.05, 4.69) is 10.4 Å². The minimum absolute atomic E-state index is 0.0154. The molecule has 2 heterocycles. The number of nitrogens with one attached hydrogen (secondary N) is 1. The van der Waals surface area contributed by atoms with Gasteiger partial charge in [-0.05, 0) is 29.3 Å². The first-order chi connectivity index (χ1) is 8.15.